The highest BCUT2D eigenvalue weighted by Gasteiger charge is 2.15. The molecule has 1 aliphatic rings. The molecule has 1 rings (SSSR count). The summed E-state index contributed by atoms with van der Waals surface area (Å²) >= 11 is 4.15. The maximum Gasteiger partial charge on any atom is 0.333 e. The summed E-state index contributed by atoms with van der Waals surface area (Å²) in [5.74, 6) is 2.34. The molecule has 0 aromatic heterocycles. The molecule has 0 saturated carbocycles. The van der Waals surface area contributed by atoms with Crippen LogP contribution in [0.1, 0.15) is 39.5 Å². The predicted octanol–water partition coefficient (Wildman–Crippen LogP) is 3.86. The first kappa shape index (κ1) is 15.0. The molecule has 1 atom stereocenters. The summed E-state index contributed by atoms with van der Waals surface area (Å²) in [6, 6.07) is 0. The molecule has 0 N–H and O–H groups in total. The first-order chi connectivity index (χ1) is 8.09. The molecule has 0 aliphatic carbocycles. The van der Waals surface area contributed by atoms with Gasteiger partial charge in [0.05, 0.1) is 10.7 Å². The van der Waals surface area contributed by atoms with E-state index in [2.05, 4.69) is 30.1 Å². The van der Waals surface area contributed by atoms with Crippen LogP contribution in [0.4, 0.5) is 0 Å². The average Bonchev–Trinajstić information content (AvgIpc) is 2.30. The van der Waals surface area contributed by atoms with Crippen molar-refractivity contribution < 1.29 is 9.53 Å². The van der Waals surface area contributed by atoms with Gasteiger partial charge >= 0.3 is 5.97 Å². The van der Waals surface area contributed by atoms with E-state index in [0.717, 1.165) is 17.4 Å². The normalized spacial score (nSPS) is 18.7. The van der Waals surface area contributed by atoms with Crippen LogP contribution in [-0.2, 0) is 9.53 Å². The van der Waals surface area contributed by atoms with E-state index in [-0.39, 0.29) is 12.1 Å². The second kappa shape index (κ2) is 8.09. The van der Waals surface area contributed by atoms with Gasteiger partial charge in [-0.25, -0.2) is 4.79 Å². The van der Waals surface area contributed by atoms with Crippen LogP contribution in [0.5, 0.6) is 0 Å². The molecule has 0 spiro atoms. The van der Waals surface area contributed by atoms with E-state index < -0.39 is 0 Å². The van der Waals surface area contributed by atoms with E-state index in [0.29, 0.717) is 5.57 Å². The zero-order chi connectivity index (χ0) is 12.7. The highest BCUT2D eigenvalue weighted by Crippen LogP contribution is 2.34. The lowest BCUT2D eigenvalue weighted by Crippen LogP contribution is -2.16. The molecule has 1 fully saturated rings. The fourth-order valence-electron chi connectivity index (χ4n) is 1.62. The SMILES string of the molecule is C=C(C)C(=O)OC(C)CCCC1SCCCS1. The van der Waals surface area contributed by atoms with Gasteiger partial charge in [-0.3, -0.25) is 0 Å². The Morgan fingerprint density at radius 3 is 2.71 bits per heavy atom. The summed E-state index contributed by atoms with van der Waals surface area (Å²) in [5, 5.41) is 0. The molecule has 4 heteroatoms. The van der Waals surface area contributed by atoms with Crippen molar-refractivity contribution >= 4 is 29.5 Å². The molecular formula is C13H22O2S2. The number of ether oxygens (including phenoxy) is 1. The molecule has 1 saturated heterocycles. The zero-order valence-electron chi connectivity index (χ0n) is 10.7. The van der Waals surface area contributed by atoms with E-state index in [1.807, 2.05) is 6.92 Å². The van der Waals surface area contributed by atoms with Crippen molar-refractivity contribution in [3.63, 3.8) is 0 Å². The summed E-state index contributed by atoms with van der Waals surface area (Å²) in [4.78, 5) is 11.3. The number of hydrogen-bond donors (Lipinski definition) is 0. The molecule has 0 amide bonds. The van der Waals surface area contributed by atoms with Gasteiger partial charge in [0.1, 0.15) is 0 Å². The van der Waals surface area contributed by atoms with Crippen LogP contribution in [0, 0.1) is 0 Å². The van der Waals surface area contributed by atoms with Crippen molar-refractivity contribution in [1.82, 2.24) is 0 Å². The maximum atomic E-state index is 11.3. The van der Waals surface area contributed by atoms with E-state index in [1.54, 1.807) is 6.92 Å². The third kappa shape index (κ3) is 6.41. The van der Waals surface area contributed by atoms with Crippen molar-refractivity contribution in [2.75, 3.05) is 11.5 Å². The van der Waals surface area contributed by atoms with Crippen LogP contribution in [0.3, 0.4) is 0 Å². The van der Waals surface area contributed by atoms with Crippen LogP contribution in [-0.4, -0.2) is 28.2 Å². The second-order valence-electron chi connectivity index (χ2n) is 4.45. The van der Waals surface area contributed by atoms with Crippen LogP contribution in [0.15, 0.2) is 12.2 Å². The van der Waals surface area contributed by atoms with Gasteiger partial charge in [-0.2, -0.15) is 0 Å². The van der Waals surface area contributed by atoms with E-state index >= 15 is 0 Å². The summed E-state index contributed by atoms with van der Waals surface area (Å²) in [6.45, 7) is 7.23. The van der Waals surface area contributed by atoms with E-state index in [1.165, 1.54) is 24.3 Å². The third-order valence-electron chi connectivity index (χ3n) is 2.60. The van der Waals surface area contributed by atoms with Crippen LogP contribution in [0.25, 0.3) is 0 Å². The largest absolute Gasteiger partial charge is 0.459 e. The summed E-state index contributed by atoms with van der Waals surface area (Å²) in [5.41, 5.74) is 0.482. The summed E-state index contributed by atoms with van der Waals surface area (Å²) in [6.07, 6.45) is 4.67. The standard InChI is InChI=1S/C13H22O2S2/c1-10(2)13(14)15-11(3)6-4-7-12-16-8-5-9-17-12/h11-12H,1,4-9H2,2-3H3. The van der Waals surface area contributed by atoms with Crippen LogP contribution in [0.2, 0.25) is 0 Å². The van der Waals surface area contributed by atoms with Gasteiger partial charge < -0.3 is 4.74 Å². The number of rotatable bonds is 6. The Hall–Kier alpha value is -0.0900. The predicted molar refractivity (Wildman–Crippen MR) is 77.5 cm³/mol. The van der Waals surface area contributed by atoms with Crippen molar-refractivity contribution in [1.29, 1.82) is 0 Å². The molecular weight excluding hydrogens is 252 g/mol. The number of carbonyl (C=O) groups excluding carboxylic acids is 1. The minimum absolute atomic E-state index is 0.0118. The van der Waals surface area contributed by atoms with Gasteiger partial charge in [-0.05, 0) is 51.0 Å². The quantitative estimate of drug-likeness (QED) is 0.543. The van der Waals surface area contributed by atoms with Gasteiger partial charge in [0.25, 0.3) is 0 Å². The van der Waals surface area contributed by atoms with Crippen LogP contribution < -0.4 is 0 Å². The number of carbonyl (C=O) groups is 1. The smallest absolute Gasteiger partial charge is 0.333 e. The Labute approximate surface area is 113 Å². The topological polar surface area (TPSA) is 26.3 Å². The fourth-order valence-corrected chi connectivity index (χ4v) is 4.58. The molecule has 0 bridgehead atoms. The molecule has 0 aromatic carbocycles. The molecule has 1 aliphatic heterocycles. The highest BCUT2D eigenvalue weighted by molar-refractivity contribution is 8.17. The lowest BCUT2D eigenvalue weighted by atomic mass is 10.2. The molecule has 1 unspecified atom stereocenters. The van der Waals surface area contributed by atoms with Gasteiger partial charge in [0, 0.05) is 5.57 Å². The summed E-state index contributed by atoms with van der Waals surface area (Å²) < 4.78 is 6.01. The van der Waals surface area contributed by atoms with Crippen molar-refractivity contribution in [3.8, 4) is 0 Å². The van der Waals surface area contributed by atoms with Gasteiger partial charge in [0.15, 0.2) is 0 Å². The van der Waals surface area contributed by atoms with Crippen molar-refractivity contribution in [2.45, 2.75) is 50.2 Å². The Morgan fingerprint density at radius 2 is 2.12 bits per heavy atom. The Morgan fingerprint density at radius 1 is 1.47 bits per heavy atom. The van der Waals surface area contributed by atoms with Crippen molar-refractivity contribution in [2.24, 2.45) is 0 Å². The number of thioether (sulfide) groups is 2. The Balaban J connectivity index is 2.08. The minimum Gasteiger partial charge on any atom is -0.459 e. The van der Waals surface area contributed by atoms with Gasteiger partial charge in [-0.15, -0.1) is 23.5 Å². The first-order valence-corrected chi connectivity index (χ1v) is 8.29. The lowest BCUT2D eigenvalue weighted by Gasteiger charge is -2.21. The maximum absolute atomic E-state index is 11.3. The Bertz CT molecular complexity index is 260. The molecule has 0 aromatic rings. The van der Waals surface area contributed by atoms with E-state index in [9.17, 15) is 4.79 Å². The highest BCUT2D eigenvalue weighted by atomic mass is 32.2. The van der Waals surface area contributed by atoms with Gasteiger partial charge in [-0.1, -0.05) is 6.58 Å². The van der Waals surface area contributed by atoms with E-state index in [4.69, 9.17) is 4.74 Å². The van der Waals surface area contributed by atoms with Gasteiger partial charge in [0.2, 0.25) is 0 Å². The molecule has 17 heavy (non-hydrogen) atoms. The van der Waals surface area contributed by atoms with Crippen molar-refractivity contribution in [3.05, 3.63) is 12.2 Å². The average molecular weight is 274 g/mol. The Kier molecular flexibility index (Phi) is 7.12. The third-order valence-corrected chi connectivity index (χ3v) is 5.68. The van der Waals surface area contributed by atoms with Crippen LogP contribution >= 0.6 is 23.5 Å². The first-order valence-electron chi connectivity index (χ1n) is 6.19. The molecule has 98 valence electrons. The monoisotopic (exact) mass is 274 g/mol. The minimum atomic E-state index is -0.265. The molecule has 2 nitrogen and oxygen atoms in total. The number of hydrogen-bond acceptors (Lipinski definition) is 4. The lowest BCUT2D eigenvalue weighted by molar-refractivity contribution is -0.143. The fraction of sp³-hybridized carbons (Fsp3) is 0.769. The zero-order valence-corrected chi connectivity index (χ0v) is 12.4. The summed E-state index contributed by atoms with van der Waals surface area (Å²) in [7, 11) is 0. The molecule has 0 radical (unpaired) electrons. The molecule has 1 heterocycles. The second-order valence-corrected chi connectivity index (χ2v) is 7.37. The number of esters is 1.